The number of carbonyl (C=O) groups excluding carboxylic acids is 2. The third-order valence-corrected chi connectivity index (χ3v) is 3.66. The number of methoxy groups -OCH3 is 1. The number of esters is 1. The van der Waals surface area contributed by atoms with Crippen LogP contribution in [0.5, 0.6) is 5.75 Å². The molecule has 126 valence electrons. The van der Waals surface area contributed by atoms with Gasteiger partial charge in [0.15, 0.2) is 0 Å². The summed E-state index contributed by atoms with van der Waals surface area (Å²) in [6.07, 6.45) is 3.78. The monoisotopic (exact) mass is 319 g/mol. The molecule has 0 aromatic heterocycles. The normalized spacial score (nSPS) is 11.3. The summed E-state index contributed by atoms with van der Waals surface area (Å²) >= 11 is 0. The molecule has 1 aromatic rings. The third kappa shape index (κ3) is 6.55. The van der Waals surface area contributed by atoms with Crippen LogP contribution >= 0.6 is 0 Å². The van der Waals surface area contributed by atoms with Gasteiger partial charge in [-0.1, -0.05) is 32.9 Å². The summed E-state index contributed by atoms with van der Waals surface area (Å²) in [5.41, 5.74) is 0.471. The Hall–Kier alpha value is -2.30. The lowest BCUT2D eigenvalue weighted by atomic mass is 9.89. The standard InChI is InChI=1S/C18H25NO4/c1-5-18(2,3)17(21)19-12-13-23-16(20)11-8-14-6-9-15(22-4)10-7-14/h6-11H,5,12-13H2,1-4H3,(H,19,21)/b11-8+. The van der Waals surface area contributed by atoms with Crippen LogP contribution in [0.3, 0.4) is 0 Å². The van der Waals surface area contributed by atoms with Crippen molar-refractivity contribution in [3.8, 4) is 5.75 Å². The second-order valence-electron chi connectivity index (χ2n) is 5.77. The highest BCUT2D eigenvalue weighted by Crippen LogP contribution is 2.19. The van der Waals surface area contributed by atoms with Crippen LogP contribution < -0.4 is 10.1 Å². The third-order valence-electron chi connectivity index (χ3n) is 3.66. The second-order valence-corrected chi connectivity index (χ2v) is 5.77. The highest BCUT2D eigenvalue weighted by atomic mass is 16.5. The van der Waals surface area contributed by atoms with Gasteiger partial charge in [-0.3, -0.25) is 4.79 Å². The molecule has 1 amide bonds. The van der Waals surface area contributed by atoms with Crippen LogP contribution in [0.4, 0.5) is 0 Å². The zero-order valence-electron chi connectivity index (χ0n) is 14.2. The molecule has 1 rings (SSSR count). The van der Waals surface area contributed by atoms with E-state index in [2.05, 4.69) is 5.32 Å². The Morgan fingerprint density at radius 3 is 2.43 bits per heavy atom. The molecule has 0 heterocycles. The quantitative estimate of drug-likeness (QED) is 0.454. The summed E-state index contributed by atoms with van der Waals surface area (Å²) in [5, 5.41) is 2.76. The molecule has 0 saturated heterocycles. The number of hydrogen-bond acceptors (Lipinski definition) is 4. The Morgan fingerprint density at radius 2 is 1.87 bits per heavy atom. The first-order valence-corrected chi connectivity index (χ1v) is 7.66. The molecule has 0 fully saturated rings. The lowest BCUT2D eigenvalue weighted by molar-refractivity contribution is -0.138. The van der Waals surface area contributed by atoms with Crippen molar-refractivity contribution in [2.45, 2.75) is 27.2 Å². The predicted octanol–water partition coefficient (Wildman–Crippen LogP) is 2.80. The summed E-state index contributed by atoms with van der Waals surface area (Å²) in [6.45, 7) is 6.18. The molecule has 0 aliphatic rings. The minimum absolute atomic E-state index is 0.0372. The molecule has 1 N–H and O–H groups in total. The van der Waals surface area contributed by atoms with Crippen molar-refractivity contribution in [1.82, 2.24) is 5.32 Å². The van der Waals surface area contributed by atoms with Crippen molar-refractivity contribution in [3.63, 3.8) is 0 Å². The van der Waals surface area contributed by atoms with Gasteiger partial charge in [0.2, 0.25) is 5.91 Å². The number of rotatable bonds is 8. The maximum Gasteiger partial charge on any atom is 0.330 e. The van der Waals surface area contributed by atoms with E-state index in [1.165, 1.54) is 6.08 Å². The fourth-order valence-corrected chi connectivity index (χ4v) is 1.64. The van der Waals surface area contributed by atoms with Crippen LogP contribution in [-0.2, 0) is 14.3 Å². The molecule has 5 nitrogen and oxygen atoms in total. The Bertz CT molecular complexity index is 547. The Morgan fingerprint density at radius 1 is 1.22 bits per heavy atom. The largest absolute Gasteiger partial charge is 0.497 e. The summed E-state index contributed by atoms with van der Waals surface area (Å²) < 4.78 is 10.1. The van der Waals surface area contributed by atoms with E-state index in [0.29, 0.717) is 6.54 Å². The van der Waals surface area contributed by atoms with E-state index < -0.39 is 11.4 Å². The molecule has 0 aliphatic carbocycles. The second kappa shape index (κ2) is 8.98. The minimum Gasteiger partial charge on any atom is -0.497 e. The summed E-state index contributed by atoms with van der Waals surface area (Å²) in [6, 6.07) is 7.32. The van der Waals surface area contributed by atoms with E-state index in [4.69, 9.17) is 9.47 Å². The van der Waals surface area contributed by atoms with E-state index in [1.807, 2.05) is 45.0 Å². The van der Waals surface area contributed by atoms with E-state index in [-0.39, 0.29) is 12.5 Å². The number of benzene rings is 1. The summed E-state index contributed by atoms with van der Waals surface area (Å²) in [7, 11) is 1.60. The molecule has 0 saturated carbocycles. The highest BCUT2D eigenvalue weighted by Gasteiger charge is 2.24. The van der Waals surface area contributed by atoms with Crippen LogP contribution in [0.1, 0.15) is 32.8 Å². The Kier molecular flexibility index (Phi) is 7.32. The molecule has 1 aromatic carbocycles. The molecular formula is C18H25NO4. The van der Waals surface area contributed by atoms with Gasteiger partial charge >= 0.3 is 5.97 Å². The number of ether oxygens (including phenoxy) is 2. The fourth-order valence-electron chi connectivity index (χ4n) is 1.64. The zero-order chi connectivity index (χ0) is 17.3. The zero-order valence-corrected chi connectivity index (χ0v) is 14.2. The van der Waals surface area contributed by atoms with Crippen LogP contribution in [-0.4, -0.2) is 32.1 Å². The smallest absolute Gasteiger partial charge is 0.330 e. The SMILES string of the molecule is CCC(C)(C)C(=O)NCCOC(=O)/C=C/c1ccc(OC)cc1. The molecule has 0 aliphatic heterocycles. The lowest BCUT2D eigenvalue weighted by Crippen LogP contribution is -2.38. The Labute approximate surface area is 137 Å². The van der Waals surface area contributed by atoms with Crippen molar-refractivity contribution in [2.75, 3.05) is 20.3 Å². The van der Waals surface area contributed by atoms with Crippen molar-refractivity contribution in [2.24, 2.45) is 5.41 Å². The van der Waals surface area contributed by atoms with Crippen LogP contribution in [0, 0.1) is 5.41 Å². The predicted molar refractivity (Wildman–Crippen MR) is 90.1 cm³/mol. The van der Waals surface area contributed by atoms with E-state index in [0.717, 1.165) is 17.7 Å². The topological polar surface area (TPSA) is 64.6 Å². The van der Waals surface area contributed by atoms with Gasteiger partial charge in [-0.15, -0.1) is 0 Å². The summed E-state index contributed by atoms with van der Waals surface area (Å²) in [4.78, 5) is 23.4. The van der Waals surface area contributed by atoms with E-state index in [1.54, 1.807) is 13.2 Å². The van der Waals surface area contributed by atoms with Crippen LogP contribution in [0.15, 0.2) is 30.3 Å². The maximum atomic E-state index is 11.8. The van der Waals surface area contributed by atoms with E-state index in [9.17, 15) is 9.59 Å². The van der Waals surface area contributed by atoms with Gasteiger partial charge in [0.1, 0.15) is 12.4 Å². The van der Waals surface area contributed by atoms with Crippen molar-refractivity contribution >= 4 is 18.0 Å². The molecule has 0 unspecified atom stereocenters. The average Bonchev–Trinajstić information content (AvgIpc) is 2.57. The molecule has 0 radical (unpaired) electrons. The first kappa shape index (κ1) is 18.7. The van der Waals surface area contributed by atoms with E-state index >= 15 is 0 Å². The molecule has 23 heavy (non-hydrogen) atoms. The molecule has 0 spiro atoms. The van der Waals surface area contributed by atoms with Gasteiger partial charge in [-0.25, -0.2) is 4.79 Å². The van der Waals surface area contributed by atoms with Gasteiger partial charge in [0.25, 0.3) is 0 Å². The van der Waals surface area contributed by atoms with Crippen molar-refractivity contribution in [1.29, 1.82) is 0 Å². The van der Waals surface area contributed by atoms with Gasteiger partial charge < -0.3 is 14.8 Å². The average molecular weight is 319 g/mol. The summed E-state index contributed by atoms with van der Waals surface area (Å²) in [5.74, 6) is 0.283. The van der Waals surface area contributed by atoms with Crippen LogP contribution in [0.2, 0.25) is 0 Å². The molecule has 5 heteroatoms. The lowest BCUT2D eigenvalue weighted by Gasteiger charge is -2.21. The molecular weight excluding hydrogens is 294 g/mol. The fraction of sp³-hybridized carbons (Fsp3) is 0.444. The Balaban J connectivity index is 2.31. The first-order valence-electron chi connectivity index (χ1n) is 7.66. The van der Waals surface area contributed by atoms with Gasteiger partial charge in [0, 0.05) is 11.5 Å². The van der Waals surface area contributed by atoms with Gasteiger partial charge in [-0.05, 0) is 30.2 Å². The van der Waals surface area contributed by atoms with Crippen molar-refractivity contribution in [3.05, 3.63) is 35.9 Å². The number of amides is 1. The van der Waals surface area contributed by atoms with Crippen LogP contribution in [0.25, 0.3) is 6.08 Å². The maximum absolute atomic E-state index is 11.8. The van der Waals surface area contributed by atoms with Gasteiger partial charge in [-0.2, -0.15) is 0 Å². The van der Waals surface area contributed by atoms with Gasteiger partial charge in [0.05, 0.1) is 13.7 Å². The minimum atomic E-state index is -0.440. The highest BCUT2D eigenvalue weighted by molar-refractivity contribution is 5.87. The molecule has 0 atom stereocenters. The molecule has 0 bridgehead atoms. The first-order chi connectivity index (χ1) is 10.9. The number of nitrogens with one attached hydrogen (secondary N) is 1. The number of carbonyl (C=O) groups is 2. The van der Waals surface area contributed by atoms with Crippen molar-refractivity contribution < 1.29 is 19.1 Å². The number of hydrogen-bond donors (Lipinski definition) is 1.